The van der Waals surface area contributed by atoms with Gasteiger partial charge in [-0.15, -0.1) is 0 Å². The summed E-state index contributed by atoms with van der Waals surface area (Å²) >= 11 is 3.24. The predicted molar refractivity (Wildman–Crippen MR) is 58.3 cm³/mol. The molecule has 0 aliphatic carbocycles. The fourth-order valence-electron chi connectivity index (χ4n) is 1.42. The maximum atomic E-state index is 9.94. The van der Waals surface area contributed by atoms with Gasteiger partial charge in [0.15, 0.2) is 4.67 Å². The van der Waals surface area contributed by atoms with Crippen LogP contribution in [0, 0.1) is 0 Å². The van der Waals surface area contributed by atoms with Crippen LogP contribution in [-0.4, -0.2) is 14.7 Å². The van der Waals surface area contributed by atoms with Crippen LogP contribution in [0.1, 0.15) is 17.5 Å². The van der Waals surface area contributed by atoms with Crippen LogP contribution in [0.4, 0.5) is 0 Å². The van der Waals surface area contributed by atoms with E-state index in [1.54, 1.807) is 18.5 Å². The van der Waals surface area contributed by atoms with Crippen LogP contribution in [-0.2, 0) is 13.5 Å². The maximum absolute atomic E-state index is 9.94. The first kappa shape index (κ1) is 10.4. The van der Waals surface area contributed by atoms with Gasteiger partial charge < -0.3 is 14.1 Å². The molecular formula is C10H11BrN2O2. The van der Waals surface area contributed by atoms with Crippen molar-refractivity contribution in [2.24, 2.45) is 7.05 Å². The molecule has 5 heteroatoms. The van der Waals surface area contributed by atoms with E-state index in [1.165, 1.54) is 0 Å². The predicted octanol–water partition coefficient (Wildman–Crippen LogP) is 2.05. The molecule has 0 amide bonds. The fraction of sp³-hybridized carbons (Fsp3) is 0.300. The number of aliphatic hydroxyl groups is 1. The molecule has 2 rings (SSSR count). The van der Waals surface area contributed by atoms with Crippen molar-refractivity contribution >= 4 is 15.9 Å². The summed E-state index contributed by atoms with van der Waals surface area (Å²) in [5.41, 5.74) is 0.748. The number of aryl methyl sites for hydroxylation is 1. The molecule has 0 aliphatic heterocycles. The molecule has 2 aromatic heterocycles. The normalized spacial score (nSPS) is 13.0. The average molecular weight is 271 g/mol. The Kier molecular flexibility index (Phi) is 2.93. The van der Waals surface area contributed by atoms with Gasteiger partial charge in [-0.2, -0.15) is 0 Å². The third-order valence-corrected chi connectivity index (χ3v) is 2.95. The number of hydrogen-bond donors (Lipinski definition) is 1. The highest BCUT2D eigenvalue weighted by atomic mass is 79.9. The Bertz CT molecular complexity index is 450. The zero-order valence-corrected chi connectivity index (χ0v) is 9.81. The minimum Gasteiger partial charge on any atom is -0.457 e. The van der Waals surface area contributed by atoms with Gasteiger partial charge in [0.1, 0.15) is 5.82 Å². The molecule has 0 spiro atoms. The van der Waals surface area contributed by atoms with Gasteiger partial charge in [0, 0.05) is 31.4 Å². The molecular weight excluding hydrogens is 260 g/mol. The monoisotopic (exact) mass is 270 g/mol. The number of halogens is 1. The quantitative estimate of drug-likeness (QED) is 0.929. The minimum atomic E-state index is -0.598. The first-order valence-electron chi connectivity index (χ1n) is 4.55. The van der Waals surface area contributed by atoms with E-state index in [2.05, 4.69) is 20.9 Å². The highest BCUT2D eigenvalue weighted by Gasteiger charge is 2.16. The van der Waals surface area contributed by atoms with E-state index >= 15 is 0 Å². The van der Waals surface area contributed by atoms with Gasteiger partial charge >= 0.3 is 0 Å². The second-order valence-electron chi connectivity index (χ2n) is 3.32. The number of rotatable bonds is 3. The second kappa shape index (κ2) is 4.20. The molecule has 15 heavy (non-hydrogen) atoms. The molecule has 4 nitrogen and oxygen atoms in total. The lowest BCUT2D eigenvalue weighted by Gasteiger charge is -2.08. The Hall–Kier alpha value is -1.07. The number of aliphatic hydroxyl groups excluding tert-OH is 1. The number of aromatic nitrogens is 2. The lowest BCUT2D eigenvalue weighted by atomic mass is 10.1. The van der Waals surface area contributed by atoms with Crippen LogP contribution in [0.5, 0.6) is 0 Å². The van der Waals surface area contributed by atoms with Crippen molar-refractivity contribution in [3.8, 4) is 0 Å². The Morgan fingerprint density at radius 3 is 3.00 bits per heavy atom. The summed E-state index contributed by atoms with van der Waals surface area (Å²) in [7, 11) is 1.90. The molecule has 1 atom stereocenters. The van der Waals surface area contributed by atoms with Crippen LogP contribution >= 0.6 is 15.9 Å². The van der Waals surface area contributed by atoms with Gasteiger partial charge in [0.2, 0.25) is 0 Å². The molecule has 0 saturated carbocycles. The largest absolute Gasteiger partial charge is 0.457 e. The summed E-state index contributed by atoms with van der Waals surface area (Å²) in [6, 6.07) is 1.75. The lowest BCUT2D eigenvalue weighted by Crippen LogP contribution is -2.06. The van der Waals surface area contributed by atoms with Crippen molar-refractivity contribution in [1.82, 2.24) is 9.55 Å². The molecule has 0 fully saturated rings. The number of nitrogens with zero attached hydrogens (tertiary/aromatic N) is 2. The Morgan fingerprint density at radius 2 is 2.47 bits per heavy atom. The zero-order valence-electron chi connectivity index (χ0n) is 8.22. The minimum absolute atomic E-state index is 0.474. The molecule has 80 valence electrons. The van der Waals surface area contributed by atoms with Gasteiger partial charge in [-0.1, -0.05) is 0 Å². The highest BCUT2D eigenvalue weighted by molar-refractivity contribution is 9.10. The first-order chi connectivity index (χ1) is 7.18. The standard InChI is InChI=1S/C10H11BrN2O2/c1-13-4-3-12-9(13)6-8(14)7-2-5-15-10(7)11/h2-5,8,14H,6H2,1H3. The van der Waals surface area contributed by atoms with Crippen molar-refractivity contribution in [2.45, 2.75) is 12.5 Å². The topological polar surface area (TPSA) is 51.2 Å². The van der Waals surface area contributed by atoms with Crippen LogP contribution in [0.3, 0.4) is 0 Å². The molecule has 0 saturated heterocycles. The van der Waals surface area contributed by atoms with Gasteiger partial charge in [-0.05, 0) is 22.0 Å². The summed E-state index contributed by atoms with van der Waals surface area (Å²) in [5, 5.41) is 9.94. The van der Waals surface area contributed by atoms with E-state index in [0.717, 1.165) is 11.4 Å². The van der Waals surface area contributed by atoms with Crippen molar-refractivity contribution in [3.63, 3.8) is 0 Å². The third kappa shape index (κ3) is 2.13. The Morgan fingerprint density at radius 1 is 1.67 bits per heavy atom. The summed E-state index contributed by atoms with van der Waals surface area (Å²) in [4.78, 5) is 4.15. The SMILES string of the molecule is Cn1ccnc1CC(O)c1ccoc1Br. The second-order valence-corrected chi connectivity index (χ2v) is 4.04. The smallest absolute Gasteiger partial charge is 0.174 e. The number of furan rings is 1. The van der Waals surface area contributed by atoms with Gasteiger partial charge in [-0.3, -0.25) is 0 Å². The van der Waals surface area contributed by atoms with Crippen LogP contribution in [0.15, 0.2) is 33.8 Å². The van der Waals surface area contributed by atoms with E-state index in [1.807, 2.05) is 17.8 Å². The summed E-state index contributed by atoms with van der Waals surface area (Å²) < 4.78 is 7.52. The molecule has 0 aliphatic rings. The van der Waals surface area contributed by atoms with E-state index in [-0.39, 0.29) is 0 Å². The van der Waals surface area contributed by atoms with Crippen molar-refractivity contribution in [3.05, 3.63) is 40.8 Å². The molecule has 1 unspecified atom stereocenters. The summed E-state index contributed by atoms with van der Waals surface area (Å²) in [6.45, 7) is 0. The van der Waals surface area contributed by atoms with Crippen LogP contribution in [0.25, 0.3) is 0 Å². The fourth-order valence-corrected chi connectivity index (χ4v) is 1.92. The van der Waals surface area contributed by atoms with Gasteiger partial charge in [-0.25, -0.2) is 4.98 Å². The number of hydrogen-bond acceptors (Lipinski definition) is 3. The van der Waals surface area contributed by atoms with Crippen molar-refractivity contribution in [1.29, 1.82) is 0 Å². The van der Waals surface area contributed by atoms with Gasteiger partial charge in [0.25, 0.3) is 0 Å². The van der Waals surface area contributed by atoms with E-state index in [9.17, 15) is 5.11 Å². The zero-order chi connectivity index (χ0) is 10.8. The summed E-state index contributed by atoms with van der Waals surface area (Å²) in [6.07, 6.45) is 4.99. The van der Waals surface area contributed by atoms with E-state index < -0.39 is 6.10 Å². The number of imidazole rings is 1. The molecule has 0 radical (unpaired) electrons. The van der Waals surface area contributed by atoms with Crippen LogP contribution < -0.4 is 0 Å². The van der Waals surface area contributed by atoms with Gasteiger partial charge in [0.05, 0.1) is 12.4 Å². The molecule has 1 N–H and O–H groups in total. The molecule has 0 bridgehead atoms. The first-order valence-corrected chi connectivity index (χ1v) is 5.35. The van der Waals surface area contributed by atoms with Crippen LogP contribution in [0.2, 0.25) is 0 Å². The van der Waals surface area contributed by atoms with Crippen molar-refractivity contribution < 1.29 is 9.52 Å². The molecule has 0 aromatic carbocycles. The van der Waals surface area contributed by atoms with E-state index in [0.29, 0.717) is 11.1 Å². The third-order valence-electron chi connectivity index (χ3n) is 2.30. The average Bonchev–Trinajstić information content (AvgIpc) is 2.76. The van der Waals surface area contributed by atoms with E-state index in [4.69, 9.17) is 4.42 Å². The molecule has 2 heterocycles. The Labute approximate surface area is 95.7 Å². The lowest BCUT2D eigenvalue weighted by molar-refractivity contribution is 0.173. The maximum Gasteiger partial charge on any atom is 0.174 e. The highest BCUT2D eigenvalue weighted by Crippen LogP contribution is 2.26. The van der Waals surface area contributed by atoms with Crippen molar-refractivity contribution in [2.75, 3.05) is 0 Å². The molecule has 2 aromatic rings. The Balaban J connectivity index is 2.14. The summed E-state index contributed by atoms with van der Waals surface area (Å²) in [5.74, 6) is 0.843.